The monoisotopic (exact) mass is 393 g/mol. The number of benzene rings is 2. The lowest BCUT2D eigenvalue weighted by molar-refractivity contribution is -0.138. The zero-order valence-electron chi connectivity index (χ0n) is 13.8. The summed E-state index contributed by atoms with van der Waals surface area (Å²) in [5, 5.41) is 18.6. The molecule has 2 atom stereocenters. The topological polar surface area (TPSA) is 90.5 Å². The molecule has 2 aromatic carbocycles. The van der Waals surface area contributed by atoms with Crippen LogP contribution in [0.15, 0.2) is 36.4 Å². The van der Waals surface area contributed by atoms with Crippen LogP contribution in [-0.4, -0.2) is 23.1 Å². The van der Waals surface area contributed by atoms with Crippen molar-refractivity contribution in [3.05, 3.63) is 57.6 Å². The van der Waals surface area contributed by atoms with Gasteiger partial charge in [-0.05, 0) is 30.7 Å². The zero-order chi connectivity index (χ0) is 18.8. The molecule has 4 N–H and O–H groups in total. The summed E-state index contributed by atoms with van der Waals surface area (Å²) >= 11 is 12.3. The molecule has 1 aliphatic rings. The van der Waals surface area contributed by atoms with Gasteiger partial charge in [0.1, 0.15) is 6.04 Å². The lowest BCUT2D eigenvalue weighted by Gasteiger charge is -2.32. The number of carbonyl (C=O) groups is 2. The lowest BCUT2D eigenvalue weighted by atomic mass is 9.93. The van der Waals surface area contributed by atoms with Crippen LogP contribution in [0.2, 0.25) is 10.0 Å². The number of carboxylic acid groups (broad SMARTS) is 1. The van der Waals surface area contributed by atoms with E-state index in [2.05, 4.69) is 16.0 Å². The van der Waals surface area contributed by atoms with Crippen LogP contribution in [0.1, 0.15) is 23.6 Å². The fraction of sp³-hybridized carbons (Fsp3) is 0.222. The van der Waals surface area contributed by atoms with E-state index in [0.29, 0.717) is 27.0 Å². The third kappa shape index (κ3) is 3.86. The van der Waals surface area contributed by atoms with E-state index in [4.69, 9.17) is 23.2 Å². The molecule has 136 valence electrons. The van der Waals surface area contributed by atoms with E-state index in [1.54, 1.807) is 18.2 Å². The van der Waals surface area contributed by atoms with Crippen molar-refractivity contribution in [2.45, 2.75) is 25.4 Å². The maximum absolute atomic E-state index is 12.4. The molecule has 0 fully saturated rings. The van der Waals surface area contributed by atoms with Gasteiger partial charge >= 0.3 is 12.0 Å². The third-order valence-electron chi connectivity index (χ3n) is 4.24. The van der Waals surface area contributed by atoms with Crippen molar-refractivity contribution >= 4 is 46.6 Å². The molecule has 0 bridgehead atoms. The van der Waals surface area contributed by atoms with Gasteiger partial charge in [-0.1, -0.05) is 41.4 Å². The second-order valence-electron chi connectivity index (χ2n) is 6.09. The number of anilines is 2. The summed E-state index contributed by atoms with van der Waals surface area (Å²) in [4.78, 5) is 23.9. The number of para-hydroxylation sites is 1. The molecule has 0 unspecified atom stereocenters. The standard InChI is InChI=1S/C18H17Cl2N3O3/c1-9-4-2-3-5-12(9)22-18(26)23-14-8-15(17(24)25)21-13-7-10(19)6-11(20)16(13)14/h2-7,14-15,21H,8H2,1H3,(H,24,25)(H2,22,23,26)/t14-,15+/m0/s1. The Balaban J connectivity index is 1.85. The van der Waals surface area contributed by atoms with E-state index < -0.39 is 24.1 Å². The quantitative estimate of drug-likeness (QED) is 0.620. The minimum atomic E-state index is -1.02. The molecule has 0 aliphatic carbocycles. The van der Waals surface area contributed by atoms with Gasteiger partial charge in [0.2, 0.25) is 0 Å². The summed E-state index contributed by atoms with van der Waals surface area (Å²) in [6.07, 6.45) is 0.158. The largest absolute Gasteiger partial charge is 0.480 e. The second-order valence-corrected chi connectivity index (χ2v) is 6.93. The molecule has 3 rings (SSSR count). The maximum atomic E-state index is 12.4. The highest BCUT2D eigenvalue weighted by molar-refractivity contribution is 6.35. The number of carbonyl (C=O) groups excluding carboxylic acids is 1. The summed E-state index contributed by atoms with van der Waals surface area (Å²) in [5.74, 6) is -1.02. The van der Waals surface area contributed by atoms with Crippen LogP contribution in [0.4, 0.5) is 16.2 Å². The number of urea groups is 1. The maximum Gasteiger partial charge on any atom is 0.326 e. The van der Waals surface area contributed by atoms with E-state index in [0.717, 1.165) is 5.56 Å². The number of fused-ring (bicyclic) bond motifs is 1. The normalized spacial score (nSPS) is 18.4. The van der Waals surface area contributed by atoms with E-state index in [1.807, 2.05) is 25.1 Å². The number of amides is 2. The van der Waals surface area contributed by atoms with Gasteiger partial charge in [-0.25, -0.2) is 9.59 Å². The minimum absolute atomic E-state index is 0.158. The van der Waals surface area contributed by atoms with Crippen molar-refractivity contribution in [3.8, 4) is 0 Å². The van der Waals surface area contributed by atoms with Gasteiger partial charge in [0.15, 0.2) is 0 Å². The Morgan fingerprint density at radius 1 is 1.23 bits per heavy atom. The van der Waals surface area contributed by atoms with Crippen molar-refractivity contribution in [1.82, 2.24) is 5.32 Å². The predicted molar refractivity (Wildman–Crippen MR) is 102 cm³/mol. The molecule has 2 amide bonds. The van der Waals surface area contributed by atoms with Crippen LogP contribution in [0, 0.1) is 6.92 Å². The fourth-order valence-corrected chi connectivity index (χ4v) is 3.61. The predicted octanol–water partition coefficient (Wildman–Crippen LogP) is 4.43. The molecule has 26 heavy (non-hydrogen) atoms. The Bertz CT molecular complexity index is 873. The van der Waals surface area contributed by atoms with Crippen molar-refractivity contribution in [1.29, 1.82) is 0 Å². The molecular formula is C18H17Cl2N3O3. The molecular weight excluding hydrogens is 377 g/mol. The number of hydrogen-bond acceptors (Lipinski definition) is 3. The molecule has 2 aromatic rings. The number of rotatable bonds is 3. The van der Waals surface area contributed by atoms with Crippen LogP contribution in [0.25, 0.3) is 0 Å². The van der Waals surface area contributed by atoms with Gasteiger partial charge in [0.25, 0.3) is 0 Å². The summed E-state index contributed by atoms with van der Waals surface area (Å²) in [5.41, 5.74) is 2.72. The average molecular weight is 394 g/mol. The Labute approximate surface area is 160 Å². The van der Waals surface area contributed by atoms with Crippen LogP contribution in [0.3, 0.4) is 0 Å². The Morgan fingerprint density at radius 3 is 2.65 bits per heavy atom. The smallest absolute Gasteiger partial charge is 0.326 e. The Kier molecular flexibility index (Phi) is 5.25. The number of nitrogens with one attached hydrogen (secondary N) is 3. The first-order chi connectivity index (χ1) is 12.3. The van der Waals surface area contributed by atoms with E-state index >= 15 is 0 Å². The third-order valence-corrected chi connectivity index (χ3v) is 4.77. The summed E-state index contributed by atoms with van der Waals surface area (Å²) in [6, 6.07) is 8.68. The van der Waals surface area contributed by atoms with Crippen molar-refractivity contribution < 1.29 is 14.7 Å². The van der Waals surface area contributed by atoms with Crippen molar-refractivity contribution in [2.24, 2.45) is 0 Å². The number of aliphatic carboxylic acids is 1. The van der Waals surface area contributed by atoms with Gasteiger partial charge in [-0.2, -0.15) is 0 Å². The van der Waals surface area contributed by atoms with E-state index in [-0.39, 0.29) is 6.42 Å². The average Bonchev–Trinajstić information content (AvgIpc) is 2.55. The van der Waals surface area contributed by atoms with Crippen LogP contribution < -0.4 is 16.0 Å². The van der Waals surface area contributed by atoms with Gasteiger partial charge in [-0.15, -0.1) is 0 Å². The van der Waals surface area contributed by atoms with Gasteiger partial charge in [-0.3, -0.25) is 0 Å². The zero-order valence-corrected chi connectivity index (χ0v) is 15.4. The minimum Gasteiger partial charge on any atom is -0.480 e. The lowest BCUT2D eigenvalue weighted by Crippen LogP contribution is -2.42. The van der Waals surface area contributed by atoms with E-state index in [9.17, 15) is 14.7 Å². The number of carboxylic acids is 1. The Hall–Kier alpha value is -2.44. The molecule has 0 saturated heterocycles. The Morgan fingerprint density at radius 2 is 1.96 bits per heavy atom. The summed E-state index contributed by atoms with van der Waals surface area (Å²) < 4.78 is 0. The summed E-state index contributed by atoms with van der Waals surface area (Å²) in [6.45, 7) is 1.88. The van der Waals surface area contributed by atoms with E-state index in [1.165, 1.54) is 0 Å². The first kappa shape index (κ1) is 18.4. The first-order valence-electron chi connectivity index (χ1n) is 7.96. The van der Waals surface area contributed by atoms with Crippen molar-refractivity contribution in [3.63, 3.8) is 0 Å². The van der Waals surface area contributed by atoms with Gasteiger partial charge < -0.3 is 21.1 Å². The SMILES string of the molecule is Cc1ccccc1NC(=O)N[C@H]1C[C@H](C(=O)O)Nc2cc(Cl)cc(Cl)c21. The summed E-state index contributed by atoms with van der Waals surface area (Å²) in [7, 11) is 0. The van der Waals surface area contributed by atoms with Gasteiger partial charge in [0, 0.05) is 33.4 Å². The number of aryl methyl sites for hydroxylation is 1. The molecule has 0 spiro atoms. The van der Waals surface area contributed by atoms with Crippen LogP contribution in [0.5, 0.6) is 0 Å². The van der Waals surface area contributed by atoms with Crippen LogP contribution >= 0.6 is 23.2 Å². The van der Waals surface area contributed by atoms with Crippen molar-refractivity contribution in [2.75, 3.05) is 10.6 Å². The van der Waals surface area contributed by atoms with Gasteiger partial charge in [0.05, 0.1) is 6.04 Å². The molecule has 0 radical (unpaired) electrons. The highest BCUT2D eigenvalue weighted by atomic mass is 35.5. The number of hydrogen-bond donors (Lipinski definition) is 4. The molecule has 8 heteroatoms. The first-order valence-corrected chi connectivity index (χ1v) is 8.72. The fourth-order valence-electron chi connectivity index (χ4n) is 2.98. The molecule has 6 nitrogen and oxygen atoms in total. The molecule has 0 saturated carbocycles. The molecule has 1 heterocycles. The second kappa shape index (κ2) is 7.43. The number of halogens is 2. The molecule has 0 aromatic heterocycles. The van der Waals surface area contributed by atoms with Crippen LogP contribution in [-0.2, 0) is 4.79 Å². The highest BCUT2D eigenvalue weighted by Crippen LogP contribution is 2.39. The molecule has 1 aliphatic heterocycles. The highest BCUT2D eigenvalue weighted by Gasteiger charge is 2.33.